The van der Waals surface area contributed by atoms with Crippen LogP contribution in [0.5, 0.6) is 0 Å². The van der Waals surface area contributed by atoms with E-state index >= 15 is 0 Å². The molecule has 1 fully saturated rings. The predicted octanol–water partition coefficient (Wildman–Crippen LogP) is 0.970. The Labute approximate surface area is 58.9 Å². The molecule has 1 rings (SSSR count). The Bertz CT molecular complexity index is 105. The number of hydrogen-bond donors (Lipinski definition) is 1. The topological polar surface area (TPSA) is 29.5 Å². The van der Waals surface area contributed by atoms with Gasteiger partial charge < -0.3 is 9.84 Å². The van der Waals surface area contributed by atoms with Gasteiger partial charge in [-0.3, -0.25) is 0 Å². The van der Waals surface area contributed by atoms with Gasteiger partial charge >= 0.3 is 0 Å². The molecule has 1 aliphatic rings. The lowest BCUT2D eigenvalue weighted by atomic mass is 10.4. The van der Waals surface area contributed by atoms with E-state index in [2.05, 4.69) is 6.58 Å². The summed E-state index contributed by atoms with van der Waals surface area (Å²) in [6.45, 7) is 3.57. The summed E-state index contributed by atoms with van der Waals surface area (Å²) in [5.41, 5.74) is 0.137. The molecule has 0 bridgehead atoms. The first-order chi connectivity index (χ1) is 4.33. The SMILES string of the molecule is C=CCC1OC(O)CS1. The maximum atomic E-state index is 8.85. The lowest BCUT2D eigenvalue weighted by Gasteiger charge is -2.04. The van der Waals surface area contributed by atoms with Gasteiger partial charge in [-0.2, -0.15) is 0 Å². The molecule has 0 saturated carbocycles. The molecular weight excluding hydrogens is 136 g/mol. The molecular formula is C6H10O2S. The van der Waals surface area contributed by atoms with E-state index in [4.69, 9.17) is 9.84 Å². The molecule has 0 aromatic heterocycles. The van der Waals surface area contributed by atoms with Crippen molar-refractivity contribution >= 4 is 11.8 Å². The Morgan fingerprint density at radius 1 is 1.89 bits per heavy atom. The molecule has 1 heterocycles. The maximum absolute atomic E-state index is 8.85. The molecule has 0 amide bonds. The van der Waals surface area contributed by atoms with E-state index in [0.717, 1.165) is 6.42 Å². The normalized spacial score (nSPS) is 34.8. The van der Waals surface area contributed by atoms with Gasteiger partial charge in [-0.1, -0.05) is 6.08 Å². The summed E-state index contributed by atoms with van der Waals surface area (Å²) >= 11 is 1.63. The third-order valence-electron chi connectivity index (χ3n) is 1.09. The van der Waals surface area contributed by atoms with E-state index in [1.807, 2.05) is 0 Å². The van der Waals surface area contributed by atoms with E-state index in [1.165, 1.54) is 0 Å². The van der Waals surface area contributed by atoms with Crippen molar-refractivity contribution in [3.8, 4) is 0 Å². The molecule has 1 N–H and O–H groups in total. The number of ether oxygens (including phenoxy) is 1. The van der Waals surface area contributed by atoms with Crippen molar-refractivity contribution in [1.82, 2.24) is 0 Å². The molecule has 0 aromatic rings. The fourth-order valence-electron chi connectivity index (χ4n) is 0.703. The summed E-state index contributed by atoms with van der Waals surface area (Å²) in [6, 6.07) is 0. The molecule has 1 aliphatic heterocycles. The summed E-state index contributed by atoms with van der Waals surface area (Å²) < 4.78 is 5.05. The highest BCUT2D eigenvalue weighted by atomic mass is 32.2. The molecule has 0 spiro atoms. The van der Waals surface area contributed by atoms with Crippen molar-refractivity contribution in [1.29, 1.82) is 0 Å². The van der Waals surface area contributed by atoms with Crippen molar-refractivity contribution in [2.45, 2.75) is 18.1 Å². The molecule has 0 aliphatic carbocycles. The molecule has 1 saturated heterocycles. The van der Waals surface area contributed by atoms with Gasteiger partial charge in [0.05, 0.1) is 0 Å². The van der Waals surface area contributed by atoms with Crippen molar-refractivity contribution in [3.63, 3.8) is 0 Å². The Morgan fingerprint density at radius 2 is 2.67 bits per heavy atom. The van der Waals surface area contributed by atoms with Crippen molar-refractivity contribution in [3.05, 3.63) is 12.7 Å². The van der Waals surface area contributed by atoms with Gasteiger partial charge in [0.25, 0.3) is 0 Å². The average molecular weight is 146 g/mol. The zero-order valence-electron chi connectivity index (χ0n) is 5.12. The molecule has 52 valence electrons. The molecule has 9 heavy (non-hydrogen) atoms. The van der Waals surface area contributed by atoms with Crippen molar-refractivity contribution < 1.29 is 9.84 Å². The first kappa shape index (κ1) is 7.12. The molecule has 2 unspecified atom stereocenters. The summed E-state index contributed by atoms with van der Waals surface area (Å²) in [4.78, 5) is 0. The Kier molecular flexibility index (Phi) is 2.57. The smallest absolute Gasteiger partial charge is 0.165 e. The summed E-state index contributed by atoms with van der Waals surface area (Å²) in [6.07, 6.45) is 2.07. The quantitative estimate of drug-likeness (QED) is 0.589. The van der Waals surface area contributed by atoms with Crippen LogP contribution in [0.1, 0.15) is 6.42 Å². The van der Waals surface area contributed by atoms with Gasteiger partial charge in [0.2, 0.25) is 0 Å². The Morgan fingerprint density at radius 3 is 3.11 bits per heavy atom. The highest BCUT2D eigenvalue weighted by molar-refractivity contribution is 8.00. The maximum Gasteiger partial charge on any atom is 0.165 e. The van der Waals surface area contributed by atoms with Gasteiger partial charge in [-0.15, -0.1) is 18.3 Å². The Balaban J connectivity index is 2.21. The van der Waals surface area contributed by atoms with Crippen LogP contribution in [0.15, 0.2) is 12.7 Å². The van der Waals surface area contributed by atoms with E-state index in [0.29, 0.717) is 5.75 Å². The summed E-state index contributed by atoms with van der Waals surface area (Å²) in [7, 11) is 0. The van der Waals surface area contributed by atoms with Crippen LogP contribution in [0.4, 0.5) is 0 Å². The fourth-order valence-corrected chi connectivity index (χ4v) is 1.64. The third kappa shape index (κ3) is 2.01. The van der Waals surface area contributed by atoms with E-state index < -0.39 is 6.29 Å². The number of thioether (sulfide) groups is 1. The summed E-state index contributed by atoms with van der Waals surface area (Å²) in [5, 5.41) is 8.85. The molecule has 0 radical (unpaired) electrons. The minimum absolute atomic E-state index is 0.137. The van der Waals surface area contributed by atoms with E-state index in [-0.39, 0.29) is 5.44 Å². The number of aliphatic hydroxyl groups excluding tert-OH is 1. The summed E-state index contributed by atoms with van der Waals surface area (Å²) in [5.74, 6) is 0.693. The average Bonchev–Trinajstić information content (AvgIpc) is 2.17. The van der Waals surface area contributed by atoms with Gasteiger partial charge in [-0.05, 0) is 0 Å². The largest absolute Gasteiger partial charge is 0.367 e. The van der Waals surface area contributed by atoms with Crippen LogP contribution in [0.2, 0.25) is 0 Å². The third-order valence-corrected chi connectivity index (χ3v) is 2.25. The lowest BCUT2D eigenvalue weighted by molar-refractivity contribution is -0.0788. The van der Waals surface area contributed by atoms with E-state index in [1.54, 1.807) is 17.8 Å². The first-order valence-electron chi connectivity index (χ1n) is 2.89. The van der Waals surface area contributed by atoms with Crippen LogP contribution in [0.3, 0.4) is 0 Å². The van der Waals surface area contributed by atoms with Crippen molar-refractivity contribution in [2.24, 2.45) is 0 Å². The van der Waals surface area contributed by atoms with Crippen molar-refractivity contribution in [2.75, 3.05) is 5.75 Å². The second kappa shape index (κ2) is 3.25. The standard InChI is InChI=1S/C6H10O2S/c1-2-3-6-8-5(7)4-9-6/h2,5-7H,1,3-4H2. The highest BCUT2D eigenvalue weighted by Crippen LogP contribution is 2.25. The first-order valence-corrected chi connectivity index (χ1v) is 3.94. The molecule has 0 aromatic carbocycles. The van der Waals surface area contributed by atoms with Crippen LogP contribution in [-0.4, -0.2) is 22.6 Å². The van der Waals surface area contributed by atoms with Crippen LogP contribution in [0, 0.1) is 0 Å². The highest BCUT2D eigenvalue weighted by Gasteiger charge is 2.21. The second-order valence-electron chi connectivity index (χ2n) is 1.88. The van der Waals surface area contributed by atoms with Gasteiger partial charge in [0.15, 0.2) is 6.29 Å². The van der Waals surface area contributed by atoms with Crippen LogP contribution < -0.4 is 0 Å². The Hall–Kier alpha value is 0.0100. The zero-order valence-corrected chi connectivity index (χ0v) is 5.93. The van der Waals surface area contributed by atoms with E-state index in [9.17, 15) is 0 Å². The number of rotatable bonds is 2. The monoisotopic (exact) mass is 146 g/mol. The predicted molar refractivity (Wildman–Crippen MR) is 38.2 cm³/mol. The lowest BCUT2D eigenvalue weighted by Crippen LogP contribution is -2.09. The molecule has 2 atom stereocenters. The number of aliphatic hydroxyl groups is 1. The zero-order chi connectivity index (χ0) is 6.69. The minimum atomic E-state index is -0.556. The fraction of sp³-hybridized carbons (Fsp3) is 0.667. The van der Waals surface area contributed by atoms with Gasteiger partial charge in [0, 0.05) is 12.2 Å². The van der Waals surface area contributed by atoms with Crippen LogP contribution in [-0.2, 0) is 4.74 Å². The second-order valence-corrected chi connectivity index (χ2v) is 3.07. The molecule has 2 nitrogen and oxygen atoms in total. The van der Waals surface area contributed by atoms with Crippen LogP contribution >= 0.6 is 11.8 Å². The van der Waals surface area contributed by atoms with Gasteiger partial charge in [0.1, 0.15) is 5.44 Å². The number of hydrogen-bond acceptors (Lipinski definition) is 3. The molecule has 3 heteroatoms. The minimum Gasteiger partial charge on any atom is -0.367 e. The van der Waals surface area contributed by atoms with Crippen LogP contribution in [0.25, 0.3) is 0 Å². The van der Waals surface area contributed by atoms with Gasteiger partial charge in [-0.25, -0.2) is 0 Å².